The minimum atomic E-state index is -1.85. The highest BCUT2D eigenvalue weighted by Crippen LogP contribution is 2.27. The van der Waals surface area contributed by atoms with Crippen LogP contribution in [0.5, 0.6) is 5.75 Å². The normalized spacial score (nSPS) is 27.3. The Morgan fingerprint density at radius 2 is 1.86 bits per heavy atom. The quantitative estimate of drug-likeness (QED) is 0.347. The Hall–Kier alpha value is -2.53. The second-order valence-corrected chi connectivity index (χ2v) is 6.61. The molecular formula is C18H22O10. The van der Waals surface area contributed by atoms with Crippen molar-refractivity contribution in [2.75, 3.05) is 0 Å². The number of aliphatic hydroxyl groups excluding tert-OH is 3. The third kappa shape index (κ3) is 4.84. The average molecular weight is 398 g/mol. The van der Waals surface area contributed by atoms with Gasteiger partial charge in [0.2, 0.25) is 6.29 Å². The molecule has 0 bridgehead atoms. The van der Waals surface area contributed by atoms with Crippen molar-refractivity contribution in [1.29, 1.82) is 0 Å². The van der Waals surface area contributed by atoms with Crippen LogP contribution >= 0.6 is 0 Å². The molecule has 1 saturated heterocycles. The van der Waals surface area contributed by atoms with Gasteiger partial charge in [-0.15, -0.1) is 0 Å². The molecule has 1 heterocycles. The van der Waals surface area contributed by atoms with E-state index in [-0.39, 0.29) is 23.8 Å². The molecule has 10 nitrogen and oxygen atoms in total. The maximum absolute atomic E-state index is 11.5. The number of benzene rings is 1. The number of hydrogen-bond acceptors (Lipinski definition) is 9. The number of carboxylic acid groups (broad SMARTS) is 1. The molecule has 2 rings (SSSR count). The third-order valence-corrected chi connectivity index (χ3v) is 4.11. The van der Waals surface area contributed by atoms with E-state index in [2.05, 4.69) is 0 Å². The van der Waals surface area contributed by atoms with Crippen LogP contribution in [-0.4, -0.2) is 69.4 Å². The summed E-state index contributed by atoms with van der Waals surface area (Å²) >= 11 is 0. The van der Waals surface area contributed by atoms with E-state index in [0.717, 1.165) is 0 Å². The molecule has 4 N–H and O–H groups in total. The van der Waals surface area contributed by atoms with E-state index in [1.165, 1.54) is 18.2 Å². The lowest BCUT2D eigenvalue weighted by Gasteiger charge is -2.38. The topological polar surface area (TPSA) is 160 Å². The molecule has 154 valence electrons. The standard InChI is InChI=1S/C18H22O10/c1-8(2)17(25)26-7-9-3-4-11(10(5-9)6-19)27-18-14(22)12(20)13(21)15(28-18)16(23)24/h3-6,8,12-15,18,20-22H,7H2,1-2H3,(H,23,24)/t12?,13-,14+,15?,18-/m0/s1. The third-order valence-electron chi connectivity index (χ3n) is 4.11. The summed E-state index contributed by atoms with van der Waals surface area (Å²) in [4.78, 5) is 34.0. The van der Waals surface area contributed by atoms with Gasteiger partial charge < -0.3 is 34.6 Å². The van der Waals surface area contributed by atoms with Gasteiger partial charge in [-0.2, -0.15) is 0 Å². The van der Waals surface area contributed by atoms with Gasteiger partial charge in [-0.05, 0) is 17.7 Å². The first-order valence-corrected chi connectivity index (χ1v) is 8.49. The zero-order valence-corrected chi connectivity index (χ0v) is 15.2. The molecule has 1 fully saturated rings. The fourth-order valence-corrected chi connectivity index (χ4v) is 2.48. The summed E-state index contributed by atoms with van der Waals surface area (Å²) in [6.07, 6.45) is -8.43. The van der Waals surface area contributed by atoms with Crippen molar-refractivity contribution >= 4 is 18.2 Å². The van der Waals surface area contributed by atoms with Crippen molar-refractivity contribution in [2.24, 2.45) is 5.92 Å². The van der Waals surface area contributed by atoms with Gasteiger partial charge in [0.1, 0.15) is 30.7 Å². The molecule has 5 atom stereocenters. The van der Waals surface area contributed by atoms with Crippen molar-refractivity contribution in [3.05, 3.63) is 29.3 Å². The Kier molecular flexibility index (Phi) is 7.08. The molecule has 1 aliphatic heterocycles. The number of esters is 1. The summed E-state index contributed by atoms with van der Waals surface area (Å²) in [5.41, 5.74) is 0.536. The number of aliphatic carboxylic acids is 1. The summed E-state index contributed by atoms with van der Waals surface area (Å²) in [6, 6.07) is 4.25. The number of carbonyl (C=O) groups is 3. The van der Waals surface area contributed by atoms with E-state index in [4.69, 9.17) is 19.3 Å². The van der Waals surface area contributed by atoms with Gasteiger partial charge in [-0.3, -0.25) is 9.59 Å². The van der Waals surface area contributed by atoms with Crippen LogP contribution in [-0.2, 0) is 25.7 Å². The van der Waals surface area contributed by atoms with Gasteiger partial charge in [0.15, 0.2) is 12.4 Å². The van der Waals surface area contributed by atoms with Crippen LogP contribution in [0.2, 0.25) is 0 Å². The molecule has 0 radical (unpaired) electrons. The second kappa shape index (κ2) is 9.11. The van der Waals surface area contributed by atoms with Gasteiger partial charge >= 0.3 is 11.9 Å². The van der Waals surface area contributed by atoms with E-state index in [0.29, 0.717) is 11.8 Å². The van der Waals surface area contributed by atoms with E-state index < -0.39 is 42.6 Å². The van der Waals surface area contributed by atoms with Crippen molar-refractivity contribution in [1.82, 2.24) is 0 Å². The molecule has 2 unspecified atom stereocenters. The zero-order valence-electron chi connectivity index (χ0n) is 15.2. The van der Waals surface area contributed by atoms with Crippen LogP contribution in [0.4, 0.5) is 0 Å². The lowest BCUT2D eigenvalue weighted by Crippen LogP contribution is -2.61. The fraction of sp³-hybridized carbons (Fsp3) is 0.500. The maximum atomic E-state index is 11.5. The van der Waals surface area contributed by atoms with Crippen LogP contribution in [0.25, 0.3) is 0 Å². The van der Waals surface area contributed by atoms with Crippen LogP contribution in [0.3, 0.4) is 0 Å². The molecule has 0 spiro atoms. The Labute approximate surface area is 160 Å². The molecule has 1 aliphatic rings. The molecule has 1 aromatic carbocycles. The summed E-state index contributed by atoms with van der Waals surface area (Å²) in [6.45, 7) is 3.30. The van der Waals surface area contributed by atoms with Crippen LogP contribution < -0.4 is 4.74 Å². The smallest absolute Gasteiger partial charge is 0.335 e. The summed E-state index contributed by atoms with van der Waals surface area (Å²) in [5.74, 6) is -2.31. The minimum Gasteiger partial charge on any atom is -0.479 e. The van der Waals surface area contributed by atoms with E-state index in [9.17, 15) is 29.7 Å². The van der Waals surface area contributed by atoms with Gasteiger partial charge in [-0.25, -0.2) is 4.79 Å². The summed E-state index contributed by atoms with van der Waals surface area (Å²) < 4.78 is 15.5. The Morgan fingerprint density at radius 1 is 1.18 bits per heavy atom. The highest BCUT2D eigenvalue weighted by atomic mass is 16.7. The number of carbonyl (C=O) groups excluding carboxylic acids is 2. The molecule has 28 heavy (non-hydrogen) atoms. The van der Waals surface area contributed by atoms with E-state index >= 15 is 0 Å². The number of carboxylic acids is 1. The second-order valence-electron chi connectivity index (χ2n) is 6.61. The predicted molar refractivity (Wildman–Crippen MR) is 91.4 cm³/mol. The lowest BCUT2D eigenvalue weighted by molar-refractivity contribution is -0.271. The Morgan fingerprint density at radius 3 is 2.43 bits per heavy atom. The highest BCUT2D eigenvalue weighted by Gasteiger charge is 2.48. The predicted octanol–water partition coefficient (Wildman–Crippen LogP) is -0.531. The molecule has 1 aromatic rings. The van der Waals surface area contributed by atoms with Crippen LogP contribution in [0, 0.1) is 5.92 Å². The number of rotatable bonds is 7. The summed E-state index contributed by atoms with van der Waals surface area (Å²) in [5, 5.41) is 38.5. The molecular weight excluding hydrogens is 376 g/mol. The fourth-order valence-electron chi connectivity index (χ4n) is 2.48. The molecule has 0 aliphatic carbocycles. The number of ether oxygens (including phenoxy) is 3. The van der Waals surface area contributed by atoms with Crippen molar-refractivity contribution in [3.8, 4) is 5.75 Å². The lowest BCUT2D eigenvalue weighted by atomic mass is 9.99. The summed E-state index contributed by atoms with van der Waals surface area (Å²) in [7, 11) is 0. The maximum Gasteiger partial charge on any atom is 0.335 e. The van der Waals surface area contributed by atoms with Gasteiger partial charge in [0, 0.05) is 0 Å². The van der Waals surface area contributed by atoms with Crippen molar-refractivity contribution in [3.63, 3.8) is 0 Å². The first-order chi connectivity index (χ1) is 13.1. The Balaban J connectivity index is 2.15. The molecule has 0 amide bonds. The van der Waals surface area contributed by atoms with Gasteiger partial charge in [-0.1, -0.05) is 19.9 Å². The first kappa shape index (κ1) is 21.8. The number of aliphatic hydroxyl groups is 3. The SMILES string of the molecule is CC(C)C(=O)OCc1ccc(O[C@H]2OC(C(=O)O)[C@@H](O)C(O)[C@H]2O)c(C=O)c1. The largest absolute Gasteiger partial charge is 0.479 e. The minimum absolute atomic E-state index is 0.0291. The zero-order chi connectivity index (χ0) is 21.0. The monoisotopic (exact) mass is 398 g/mol. The highest BCUT2D eigenvalue weighted by molar-refractivity contribution is 5.79. The first-order valence-electron chi connectivity index (χ1n) is 8.49. The van der Waals surface area contributed by atoms with Crippen LogP contribution in [0.1, 0.15) is 29.8 Å². The number of hydrogen-bond donors (Lipinski definition) is 4. The van der Waals surface area contributed by atoms with Gasteiger partial charge in [0.25, 0.3) is 0 Å². The molecule has 0 aromatic heterocycles. The average Bonchev–Trinajstić information content (AvgIpc) is 2.66. The van der Waals surface area contributed by atoms with Crippen molar-refractivity contribution in [2.45, 2.75) is 51.2 Å². The molecule has 10 heteroatoms. The Bertz CT molecular complexity index is 731. The number of aldehydes is 1. The van der Waals surface area contributed by atoms with Gasteiger partial charge in [0.05, 0.1) is 11.5 Å². The molecule has 0 saturated carbocycles. The van der Waals surface area contributed by atoms with E-state index in [1.54, 1.807) is 13.8 Å². The van der Waals surface area contributed by atoms with Crippen LogP contribution in [0.15, 0.2) is 18.2 Å². The van der Waals surface area contributed by atoms with Crippen molar-refractivity contribution < 1.29 is 49.0 Å². The van der Waals surface area contributed by atoms with E-state index in [1.807, 2.05) is 0 Å².